The van der Waals surface area contributed by atoms with Gasteiger partial charge in [0.1, 0.15) is 5.84 Å². The number of benzene rings is 3. The second-order valence-corrected chi connectivity index (χ2v) is 5.82. The van der Waals surface area contributed by atoms with E-state index in [0.29, 0.717) is 0 Å². The maximum Gasteiger partial charge on any atom is 0.134 e. The molecule has 0 saturated carbocycles. The van der Waals surface area contributed by atoms with E-state index in [9.17, 15) is 0 Å². The molecule has 3 aromatic rings. The number of nitrogens with one attached hydrogen (secondary N) is 1. The second-order valence-electron chi connectivity index (χ2n) is 5.82. The van der Waals surface area contributed by atoms with Crippen LogP contribution in [0.15, 0.2) is 89.6 Å². The summed E-state index contributed by atoms with van der Waals surface area (Å²) in [7, 11) is 0. The molecule has 1 atom stereocenters. The van der Waals surface area contributed by atoms with Gasteiger partial charge in [-0.1, -0.05) is 72.8 Å². The smallest absolute Gasteiger partial charge is 0.134 e. The van der Waals surface area contributed by atoms with Crippen LogP contribution in [0.4, 0.5) is 0 Å². The first-order chi connectivity index (χ1) is 11.3. The Morgan fingerprint density at radius 2 is 1.57 bits per heavy atom. The first-order valence-corrected chi connectivity index (χ1v) is 7.88. The fourth-order valence-corrected chi connectivity index (χ4v) is 3.11. The number of rotatable bonds is 2. The molecule has 0 fully saturated rings. The summed E-state index contributed by atoms with van der Waals surface area (Å²) < 4.78 is 0. The molecule has 2 heteroatoms. The number of amidine groups is 1. The number of aliphatic imine (C=N–C) groups is 1. The van der Waals surface area contributed by atoms with Crippen molar-refractivity contribution in [2.45, 2.75) is 13.0 Å². The maximum atomic E-state index is 4.67. The highest BCUT2D eigenvalue weighted by Gasteiger charge is 2.18. The lowest BCUT2D eigenvalue weighted by Crippen LogP contribution is -2.31. The molecule has 0 bridgehead atoms. The van der Waals surface area contributed by atoms with Crippen molar-refractivity contribution in [3.63, 3.8) is 0 Å². The van der Waals surface area contributed by atoms with Crippen LogP contribution in [0.3, 0.4) is 0 Å². The highest BCUT2D eigenvalue weighted by molar-refractivity contribution is 6.00. The van der Waals surface area contributed by atoms with Crippen molar-refractivity contribution < 1.29 is 0 Å². The van der Waals surface area contributed by atoms with Gasteiger partial charge < -0.3 is 5.32 Å². The van der Waals surface area contributed by atoms with Gasteiger partial charge in [0.15, 0.2) is 0 Å². The van der Waals surface area contributed by atoms with Crippen molar-refractivity contribution in [2.75, 3.05) is 0 Å². The number of fused-ring (bicyclic) bond motifs is 1. The fraction of sp³-hybridized carbons (Fsp3) is 0.0952. The molecule has 0 aliphatic carbocycles. The number of hydrogen-bond donors (Lipinski definition) is 1. The molecule has 0 radical (unpaired) electrons. The molecule has 3 aromatic carbocycles. The van der Waals surface area contributed by atoms with E-state index in [-0.39, 0.29) is 6.04 Å². The first kappa shape index (κ1) is 13.8. The van der Waals surface area contributed by atoms with Crippen molar-refractivity contribution in [2.24, 2.45) is 4.99 Å². The molecule has 112 valence electrons. The highest BCUT2D eigenvalue weighted by Crippen LogP contribution is 2.28. The van der Waals surface area contributed by atoms with Crippen LogP contribution in [0.2, 0.25) is 0 Å². The molecule has 0 saturated heterocycles. The molecule has 1 heterocycles. The zero-order chi connectivity index (χ0) is 15.6. The van der Waals surface area contributed by atoms with E-state index in [0.717, 1.165) is 17.1 Å². The lowest BCUT2D eigenvalue weighted by Gasteiger charge is -2.24. The molecule has 23 heavy (non-hydrogen) atoms. The average Bonchev–Trinajstić information content (AvgIpc) is 2.61. The Labute approximate surface area is 136 Å². The lowest BCUT2D eigenvalue weighted by molar-refractivity contribution is 0.770. The van der Waals surface area contributed by atoms with Crippen molar-refractivity contribution in [3.05, 3.63) is 95.7 Å². The zero-order valence-electron chi connectivity index (χ0n) is 13.0. The summed E-state index contributed by atoms with van der Waals surface area (Å²) in [5.74, 6) is 0.934. The van der Waals surface area contributed by atoms with E-state index in [1.807, 2.05) is 18.2 Å². The zero-order valence-corrected chi connectivity index (χ0v) is 13.0. The average molecular weight is 298 g/mol. The first-order valence-electron chi connectivity index (χ1n) is 7.88. The molecule has 1 unspecified atom stereocenters. The van der Waals surface area contributed by atoms with Crippen LogP contribution in [0.25, 0.3) is 10.8 Å². The summed E-state index contributed by atoms with van der Waals surface area (Å²) >= 11 is 0. The summed E-state index contributed by atoms with van der Waals surface area (Å²) in [6.45, 7) is 2.06. The molecule has 0 amide bonds. The third-order valence-electron chi connectivity index (χ3n) is 4.19. The predicted molar refractivity (Wildman–Crippen MR) is 96.6 cm³/mol. The van der Waals surface area contributed by atoms with Crippen molar-refractivity contribution >= 4 is 16.6 Å². The Morgan fingerprint density at radius 3 is 2.43 bits per heavy atom. The second kappa shape index (κ2) is 5.73. The van der Waals surface area contributed by atoms with Gasteiger partial charge in [-0.05, 0) is 29.3 Å². The van der Waals surface area contributed by atoms with Crippen LogP contribution in [-0.4, -0.2) is 5.84 Å². The minimum absolute atomic E-state index is 0.133. The van der Waals surface area contributed by atoms with Crippen LogP contribution >= 0.6 is 0 Å². The third kappa shape index (κ3) is 2.64. The van der Waals surface area contributed by atoms with Crippen LogP contribution in [0, 0.1) is 0 Å². The molecule has 1 N–H and O–H groups in total. The Morgan fingerprint density at radius 1 is 0.826 bits per heavy atom. The van der Waals surface area contributed by atoms with Crippen molar-refractivity contribution in [1.82, 2.24) is 5.32 Å². The number of nitrogens with zero attached hydrogens (tertiary/aromatic N) is 1. The van der Waals surface area contributed by atoms with Gasteiger partial charge in [-0.15, -0.1) is 0 Å². The quantitative estimate of drug-likeness (QED) is 0.719. The van der Waals surface area contributed by atoms with Gasteiger partial charge in [-0.2, -0.15) is 0 Å². The van der Waals surface area contributed by atoms with E-state index in [1.165, 1.54) is 16.3 Å². The van der Waals surface area contributed by atoms with E-state index >= 15 is 0 Å². The van der Waals surface area contributed by atoms with Crippen molar-refractivity contribution in [3.8, 4) is 0 Å². The molecule has 0 spiro atoms. The normalized spacial score (nSPS) is 17.3. The molecular weight excluding hydrogens is 280 g/mol. The summed E-state index contributed by atoms with van der Waals surface area (Å²) in [6, 6.07) is 25.4. The summed E-state index contributed by atoms with van der Waals surface area (Å²) in [5.41, 5.74) is 3.44. The van der Waals surface area contributed by atoms with Gasteiger partial charge in [-0.25, -0.2) is 4.99 Å². The Kier molecular flexibility index (Phi) is 3.43. The molecular formula is C21H18N2. The topological polar surface area (TPSA) is 24.4 Å². The Hall–Kier alpha value is -2.87. The monoisotopic (exact) mass is 298 g/mol. The summed E-state index contributed by atoms with van der Waals surface area (Å²) in [5, 5.41) is 6.13. The van der Waals surface area contributed by atoms with Gasteiger partial charge in [0.05, 0.1) is 6.04 Å². The van der Waals surface area contributed by atoms with Crippen LogP contribution in [-0.2, 0) is 0 Å². The standard InChI is InChI=1S/C21H18N2/c1-15-14-20(23-21(22-15)17-9-3-2-4-10-17)19-13-7-11-16-8-5-6-12-18(16)19/h2-14,20H,1H3,(H,22,23). The number of allylic oxidation sites excluding steroid dienone is 1. The van der Waals surface area contributed by atoms with Crippen LogP contribution in [0.1, 0.15) is 24.1 Å². The van der Waals surface area contributed by atoms with Gasteiger partial charge in [0.2, 0.25) is 0 Å². The summed E-state index contributed by atoms with van der Waals surface area (Å²) in [6.07, 6.45) is 2.19. The van der Waals surface area contributed by atoms with Gasteiger partial charge >= 0.3 is 0 Å². The lowest BCUT2D eigenvalue weighted by atomic mass is 9.97. The Balaban J connectivity index is 1.77. The van der Waals surface area contributed by atoms with Crippen LogP contribution in [0.5, 0.6) is 0 Å². The molecule has 4 rings (SSSR count). The summed E-state index contributed by atoms with van der Waals surface area (Å²) in [4.78, 5) is 4.67. The van der Waals surface area contributed by atoms with E-state index in [4.69, 9.17) is 0 Å². The molecule has 1 aliphatic rings. The SMILES string of the molecule is CC1=CC(c2cccc3ccccc23)NC(c2ccccc2)=N1. The number of hydrogen-bond acceptors (Lipinski definition) is 2. The van der Waals surface area contributed by atoms with E-state index in [2.05, 4.69) is 77.9 Å². The van der Waals surface area contributed by atoms with Gasteiger partial charge in [0.25, 0.3) is 0 Å². The fourth-order valence-electron chi connectivity index (χ4n) is 3.11. The maximum absolute atomic E-state index is 4.67. The van der Waals surface area contributed by atoms with Gasteiger partial charge in [-0.3, -0.25) is 0 Å². The highest BCUT2D eigenvalue weighted by atomic mass is 15.0. The molecule has 0 aromatic heterocycles. The molecule has 2 nitrogen and oxygen atoms in total. The largest absolute Gasteiger partial charge is 0.359 e. The van der Waals surface area contributed by atoms with E-state index in [1.54, 1.807) is 0 Å². The van der Waals surface area contributed by atoms with Crippen LogP contribution < -0.4 is 5.32 Å². The van der Waals surface area contributed by atoms with Crippen molar-refractivity contribution in [1.29, 1.82) is 0 Å². The molecule has 1 aliphatic heterocycles. The third-order valence-corrected chi connectivity index (χ3v) is 4.19. The van der Waals surface area contributed by atoms with E-state index < -0.39 is 0 Å². The predicted octanol–water partition coefficient (Wildman–Crippen LogP) is 4.83. The van der Waals surface area contributed by atoms with Gasteiger partial charge in [0, 0.05) is 11.3 Å². The minimum Gasteiger partial charge on any atom is -0.359 e. The Bertz CT molecular complexity index is 902. The minimum atomic E-state index is 0.133.